The van der Waals surface area contributed by atoms with Crippen LogP contribution < -0.4 is 9.47 Å². The standard InChI is InChI=1S/C22H23N7O2.C2HF3O2/c1-27-18(6-9-23-27)17-3-5-21-24-25-22(29(21)26-17)16-7-10-28(11-8-16)13-15-2-4-19-20(12-15)31-14-30-19;3-2(4,5)1(6)7/h2-6,9,12,16H,7-8,10-11,13-14H2,1H3;(H,6,7). The summed E-state index contributed by atoms with van der Waals surface area (Å²) in [5.74, 6) is 0.211. The van der Waals surface area contributed by atoms with Gasteiger partial charge in [-0.2, -0.15) is 27.9 Å². The smallest absolute Gasteiger partial charge is 0.475 e. The second-order valence-corrected chi connectivity index (χ2v) is 8.93. The maximum Gasteiger partial charge on any atom is 0.490 e. The van der Waals surface area contributed by atoms with Gasteiger partial charge in [-0.05, 0) is 61.8 Å². The number of alkyl halides is 3. The lowest BCUT2D eigenvalue weighted by molar-refractivity contribution is -0.192. The fraction of sp³-hybridized carbons (Fsp3) is 0.375. The van der Waals surface area contributed by atoms with E-state index in [1.54, 1.807) is 6.20 Å². The normalized spacial score (nSPS) is 15.9. The summed E-state index contributed by atoms with van der Waals surface area (Å²) in [7, 11) is 1.92. The summed E-state index contributed by atoms with van der Waals surface area (Å²) in [5.41, 5.74) is 3.87. The number of piperidine rings is 1. The summed E-state index contributed by atoms with van der Waals surface area (Å²) < 4.78 is 46.4. The molecular formula is C24H24F3N7O4. The Hall–Kier alpha value is -4.20. The summed E-state index contributed by atoms with van der Waals surface area (Å²) in [4.78, 5) is 11.4. The zero-order valence-electron chi connectivity index (χ0n) is 20.3. The van der Waals surface area contributed by atoms with E-state index >= 15 is 0 Å². The first-order chi connectivity index (χ1) is 18.2. The number of rotatable bonds is 4. The lowest BCUT2D eigenvalue weighted by Gasteiger charge is -2.31. The third kappa shape index (κ3) is 5.39. The van der Waals surface area contributed by atoms with E-state index in [9.17, 15) is 13.2 Å². The lowest BCUT2D eigenvalue weighted by atomic mass is 9.95. The van der Waals surface area contributed by atoms with Gasteiger partial charge in [-0.25, -0.2) is 4.79 Å². The molecule has 0 unspecified atom stereocenters. The number of aryl methyl sites for hydroxylation is 1. The van der Waals surface area contributed by atoms with E-state index in [0.29, 0.717) is 12.7 Å². The van der Waals surface area contributed by atoms with E-state index < -0.39 is 12.1 Å². The predicted molar refractivity (Wildman–Crippen MR) is 126 cm³/mol. The molecule has 1 N–H and O–H groups in total. The molecule has 5 heterocycles. The first kappa shape index (κ1) is 25.4. The number of halogens is 3. The van der Waals surface area contributed by atoms with Crippen LogP contribution in [0.15, 0.2) is 42.6 Å². The van der Waals surface area contributed by atoms with Crippen molar-refractivity contribution in [1.82, 2.24) is 34.5 Å². The molecule has 0 atom stereocenters. The number of likely N-dealkylation sites (tertiary alicyclic amines) is 1. The second-order valence-electron chi connectivity index (χ2n) is 8.93. The summed E-state index contributed by atoms with van der Waals surface area (Å²) >= 11 is 0. The SMILES string of the molecule is Cn1nccc1-c1ccc2nnc(C3CCN(Cc4ccc5c(c4)OCO5)CC3)n2n1.O=C(O)C(F)(F)F. The molecule has 11 nitrogen and oxygen atoms in total. The Morgan fingerprint density at radius 1 is 1.08 bits per heavy atom. The van der Waals surface area contributed by atoms with E-state index in [0.717, 1.165) is 66.8 Å². The van der Waals surface area contributed by atoms with Gasteiger partial charge >= 0.3 is 12.1 Å². The van der Waals surface area contributed by atoms with Crippen molar-refractivity contribution in [2.75, 3.05) is 19.9 Å². The van der Waals surface area contributed by atoms with Crippen LogP contribution in [0, 0.1) is 0 Å². The quantitative estimate of drug-likeness (QED) is 0.423. The summed E-state index contributed by atoms with van der Waals surface area (Å²) in [5, 5.41) is 25.0. The number of aliphatic carboxylic acids is 1. The van der Waals surface area contributed by atoms with Gasteiger partial charge in [0.2, 0.25) is 6.79 Å². The molecule has 6 rings (SSSR count). The Labute approximate surface area is 214 Å². The van der Waals surface area contributed by atoms with Gasteiger partial charge in [0.1, 0.15) is 5.69 Å². The Morgan fingerprint density at radius 3 is 2.50 bits per heavy atom. The molecule has 0 saturated carbocycles. The molecular weight excluding hydrogens is 507 g/mol. The van der Waals surface area contributed by atoms with Gasteiger partial charge in [0.15, 0.2) is 23.0 Å². The number of hydrogen-bond acceptors (Lipinski definition) is 8. The Bertz CT molecular complexity index is 1440. The molecule has 4 aromatic rings. The molecule has 1 aromatic carbocycles. The summed E-state index contributed by atoms with van der Waals surface area (Å²) in [6.45, 7) is 3.24. The first-order valence-corrected chi connectivity index (χ1v) is 11.8. The Balaban J connectivity index is 0.000000374. The highest BCUT2D eigenvalue weighted by Crippen LogP contribution is 2.34. The highest BCUT2D eigenvalue weighted by Gasteiger charge is 2.38. The van der Waals surface area contributed by atoms with Crippen molar-refractivity contribution < 1.29 is 32.5 Å². The molecule has 3 aromatic heterocycles. The van der Waals surface area contributed by atoms with Crippen molar-refractivity contribution in [2.24, 2.45) is 7.05 Å². The van der Waals surface area contributed by atoms with Gasteiger partial charge < -0.3 is 14.6 Å². The molecule has 0 bridgehead atoms. The zero-order chi connectivity index (χ0) is 26.9. The summed E-state index contributed by atoms with van der Waals surface area (Å²) in [6, 6.07) is 12.1. The third-order valence-electron chi connectivity index (χ3n) is 6.41. The fourth-order valence-corrected chi connectivity index (χ4v) is 4.47. The van der Waals surface area contributed by atoms with Gasteiger partial charge in [-0.15, -0.1) is 10.2 Å². The first-order valence-electron chi connectivity index (χ1n) is 11.8. The molecule has 0 radical (unpaired) electrons. The van der Waals surface area contributed by atoms with Crippen LogP contribution in [0.2, 0.25) is 0 Å². The minimum Gasteiger partial charge on any atom is -0.475 e. The van der Waals surface area contributed by atoms with Crippen molar-refractivity contribution in [3.63, 3.8) is 0 Å². The van der Waals surface area contributed by atoms with Crippen LogP contribution in [-0.4, -0.2) is 71.6 Å². The molecule has 38 heavy (non-hydrogen) atoms. The molecule has 0 spiro atoms. The molecule has 14 heteroatoms. The van der Waals surface area contributed by atoms with Gasteiger partial charge in [-0.1, -0.05) is 6.07 Å². The van der Waals surface area contributed by atoms with Crippen LogP contribution in [0.5, 0.6) is 11.5 Å². The predicted octanol–water partition coefficient (Wildman–Crippen LogP) is 3.27. The van der Waals surface area contributed by atoms with Crippen LogP contribution in [0.3, 0.4) is 0 Å². The largest absolute Gasteiger partial charge is 0.490 e. The number of carboxylic acids is 1. The van der Waals surface area contributed by atoms with Gasteiger partial charge in [0.05, 0.1) is 5.69 Å². The van der Waals surface area contributed by atoms with E-state index in [4.69, 9.17) is 24.5 Å². The van der Waals surface area contributed by atoms with Crippen molar-refractivity contribution in [3.8, 4) is 22.9 Å². The Morgan fingerprint density at radius 2 is 1.82 bits per heavy atom. The van der Waals surface area contributed by atoms with E-state index in [-0.39, 0.29) is 0 Å². The number of ether oxygens (including phenoxy) is 2. The number of nitrogens with zero attached hydrogens (tertiary/aromatic N) is 7. The molecule has 200 valence electrons. The van der Waals surface area contributed by atoms with Crippen LogP contribution in [-0.2, 0) is 18.4 Å². The van der Waals surface area contributed by atoms with Crippen LogP contribution in [0.4, 0.5) is 13.2 Å². The minimum absolute atomic E-state index is 0.312. The van der Waals surface area contributed by atoms with Crippen LogP contribution >= 0.6 is 0 Å². The van der Waals surface area contributed by atoms with Crippen molar-refractivity contribution in [1.29, 1.82) is 0 Å². The van der Waals surface area contributed by atoms with Crippen molar-refractivity contribution >= 4 is 11.6 Å². The fourth-order valence-electron chi connectivity index (χ4n) is 4.47. The molecule has 0 amide bonds. The lowest BCUT2D eigenvalue weighted by Crippen LogP contribution is -2.33. The van der Waals surface area contributed by atoms with Gasteiger partial charge in [-0.3, -0.25) is 9.58 Å². The van der Waals surface area contributed by atoms with Crippen LogP contribution in [0.25, 0.3) is 17.0 Å². The number of hydrogen-bond donors (Lipinski definition) is 1. The average molecular weight is 531 g/mol. The van der Waals surface area contributed by atoms with Crippen molar-refractivity contribution in [2.45, 2.75) is 31.5 Å². The van der Waals surface area contributed by atoms with Crippen molar-refractivity contribution in [3.05, 3.63) is 54.0 Å². The van der Waals surface area contributed by atoms with E-state index in [1.165, 1.54) is 5.56 Å². The third-order valence-corrected chi connectivity index (χ3v) is 6.41. The molecule has 2 aliphatic heterocycles. The number of fused-ring (bicyclic) bond motifs is 2. The highest BCUT2D eigenvalue weighted by atomic mass is 19.4. The number of carboxylic acid groups (broad SMARTS) is 1. The zero-order valence-corrected chi connectivity index (χ0v) is 20.3. The van der Waals surface area contributed by atoms with Gasteiger partial charge in [0.25, 0.3) is 0 Å². The number of carbonyl (C=O) groups is 1. The topological polar surface area (TPSA) is 120 Å². The van der Waals surface area contributed by atoms with E-state index in [2.05, 4.69) is 32.3 Å². The molecule has 1 saturated heterocycles. The Kier molecular flexibility index (Phi) is 6.89. The van der Waals surface area contributed by atoms with E-state index in [1.807, 2.05) is 40.5 Å². The maximum atomic E-state index is 10.6. The second kappa shape index (κ2) is 10.3. The highest BCUT2D eigenvalue weighted by molar-refractivity contribution is 5.73. The summed E-state index contributed by atoms with van der Waals surface area (Å²) in [6.07, 6.45) is -1.24. The maximum absolute atomic E-state index is 10.6. The number of aromatic nitrogens is 6. The average Bonchev–Trinajstić information content (AvgIpc) is 3.63. The number of benzene rings is 1. The van der Waals surface area contributed by atoms with Crippen LogP contribution in [0.1, 0.15) is 30.1 Å². The minimum atomic E-state index is -5.08. The van der Waals surface area contributed by atoms with Gasteiger partial charge in [0, 0.05) is 25.7 Å². The monoisotopic (exact) mass is 531 g/mol. The molecule has 0 aliphatic carbocycles. The molecule has 2 aliphatic rings. The molecule has 1 fully saturated rings.